The van der Waals surface area contributed by atoms with Crippen LogP contribution >= 0.6 is 0 Å². The molecular weight excluding hydrogens is 450 g/mol. The van der Waals surface area contributed by atoms with Crippen molar-refractivity contribution < 1.29 is 4.79 Å². The average molecular weight is 480 g/mol. The second kappa shape index (κ2) is 10.5. The van der Waals surface area contributed by atoms with Crippen molar-refractivity contribution in [3.8, 4) is 0 Å². The van der Waals surface area contributed by atoms with E-state index < -0.39 is 5.91 Å². The Morgan fingerprint density at radius 3 is 2.39 bits per heavy atom. The van der Waals surface area contributed by atoms with Crippen LogP contribution in [-0.2, 0) is 19.6 Å². The fourth-order valence-corrected chi connectivity index (χ4v) is 4.59. The lowest BCUT2D eigenvalue weighted by atomic mass is 10.1. The number of hydrogen-bond acceptors (Lipinski definition) is 6. The molecule has 0 fully saturated rings. The summed E-state index contributed by atoms with van der Waals surface area (Å²) in [6.45, 7) is 3.38. The van der Waals surface area contributed by atoms with Crippen LogP contribution in [0.5, 0.6) is 0 Å². The zero-order valence-electron chi connectivity index (χ0n) is 20.0. The molecule has 1 amide bonds. The van der Waals surface area contributed by atoms with Gasteiger partial charge in [-0.1, -0.05) is 30.3 Å². The molecule has 0 aliphatic heterocycles. The van der Waals surface area contributed by atoms with Gasteiger partial charge in [0.1, 0.15) is 5.52 Å². The first-order valence-electron chi connectivity index (χ1n) is 12.1. The molecule has 5 rings (SSSR count). The van der Waals surface area contributed by atoms with Crippen LogP contribution in [0.4, 0.5) is 5.82 Å². The van der Waals surface area contributed by atoms with Gasteiger partial charge in [0, 0.05) is 43.0 Å². The third-order valence-electron chi connectivity index (χ3n) is 6.40. The number of nitrogens with two attached hydrogens (primary N) is 2. The molecule has 0 aliphatic carbocycles. The first kappa shape index (κ1) is 23.4. The van der Waals surface area contributed by atoms with Crippen molar-refractivity contribution >= 4 is 33.7 Å². The van der Waals surface area contributed by atoms with E-state index in [0.29, 0.717) is 11.4 Å². The number of carbonyl (C=O) groups is 1. The third kappa shape index (κ3) is 5.18. The minimum atomic E-state index is -0.410. The number of unbranched alkanes of at least 4 members (excludes halogenated alkanes) is 1. The van der Waals surface area contributed by atoms with Crippen molar-refractivity contribution in [2.24, 2.45) is 5.73 Å². The van der Waals surface area contributed by atoms with Gasteiger partial charge in [-0.3, -0.25) is 14.7 Å². The summed E-state index contributed by atoms with van der Waals surface area (Å²) in [5, 5.41) is 1.07. The molecule has 8 nitrogen and oxygen atoms in total. The number of rotatable bonds is 10. The Balaban J connectivity index is 1.27. The van der Waals surface area contributed by atoms with E-state index in [0.717, 1.165) is 66.5 Å². The van der Waals surface area contributed by atoms with Crippen LogP contribution < -0.4 is 11.5 Å². The maximum Gasteiger partial charge on any atom is 0.248 e. The van der Waals surface area contributed by atoms with Gasteiger partial charge in [0.2, 0.25) is 5.91 Å². The smallest absolute Gasteiger partial charge is 0.248 e. The van der Waals surface area contributed by atoms with Gasteiger partial charge in [-0.2, -0.15) is 0 Å². The maximum atomic E-state index is 11.4. The SMILES string of the molecule is NC(=O)c1ccc(CN(CCCCn2cnc3c(N)nc4ccccc4c32)Cc2ccncc2)cc1. The van der Waals surface area contributed by atoms with E-state index in [2.05, 4.69) is 30.5 Å². The van der Waals surface area contributed by atoms with Gasteiger partial charge in [0.25, 0.3) is 0 Å². The molecule has 182 valence electrons. The first-order valence-corrected chi connectivity index (χ1v) is 12.1. The molecule has 0 bridgehead atoms. The summed E-state index contributed by atoms with van der Waals surface area (Å²) >= 11 is 0. The Morgan fingerprint density at radius 1 is 0.917 bits per heavy atom. The van der Waals surface area contributed by atoms with Crippen LogP contribution in [0.2, 0.25) is 0 Å². The van der Waals surface area contributed by atoms with Crippen LogP contribution in [0.3, 0.4) is 0 Å². The number of benzene rings is 2. The second-order valence-electron chi connectivity index (χ2n) is 8.98. The Hall–Kier alpha value is -4.30. The van der Waals surface area contributed by atoms with Gasteiger partial charge in [0.15, 0.2) is 5.82 Å². The molecule has 0 saturated heterocycles. The van der Waals surface area contributed by atoms with Gasteiger partial charge in [-0.05, 0) is 60.8 Å². The summed E-state index contributed by atoms with van der Waals surface area (Å²) in [7, 11) is 0. The molecule has 2 aromatic carbocycles. The minimum absolute atomic E-state index is 0.410. The number of imidazole rings is 1. The molecule has 0 unspecified atom stereocenters. The fourth-order valence-electron chi connectivity index (χ4n) is 4.59. The summed E-state index contributed by atoms with van der Waals surface area (Å²) in [6, 6.07) is 19.7. The number of primary amides is 1. The number of amides is 1. The molecule has 0 radical (unpaired) electrons. The largest absolute Gasteiger partial charge is 0.382 e. The van der Waals surface area contributed by atoms with E-state index in [-0.39, 0.29) is 0 Å². The third-order valence-corrected chi connectivity index (χ3v) is 6.40. The highest BCUT2D eigenvalue weighted by Crippen LogP contribution is 2.27. The van der Waals surface area contributed by atoms with Crippen molar-refractivity contribution in [1.29, 1.82) is 0 Å². The van der Waals surface area contributed by atoms with E-state index in [1.54, 1.807) is 12.1 Å². The molecular formula is C28H29N7O. The Labute approximate surface area is 209 Å². The Kier molecular flexibility index (Phi) is 6.86. The minimum Gasteiger partial charge on any atom is -0.382 e. The van der Waals surface area contributed by atoms with Crippen LogP contribution in [-0.4, -0.2) is 36.9 Å². The molecule has 4 N–H and O–H groups in total. The Morgan fingerprint density at radius 2 is 1.64 bits per heavy atom. The number of fused-ring (bicyclic) bond motifs is 3. The molecule has 3 heterocycles. The molecule has 5 aromatic rings. The van der Waals surface area contributed by atoms with E-state index in [9.17, 15) is 4.79 Å². The molecule has 0 aliphatic rings. The lowest BCUT2D eigenvalue weighted by Gasteiger charge is -2.23. The number of nitrogen functional groups attached to an aromatic ring is 1. The number of aryl methyl sites for hydroxylation is 1. The van der Waals surface area contributed by atoms with E-state index >= 15 is 0 Å². The second-order valence-corrected chi connectivity index (χ2v) is 8.98. The highest BCUT2D eigenvalue weighted by Gasteiger charge is 2.13. The molecule has 0 spiro atoms. The highest BCUT2D eigenvalue weighted by atomic mass is 16.1. The van der Waals surface area contributed by atoms with Gasteiger partial charge in [0.05, 0.1) is 17.4 Å². The summed E-state index contributed by atoms with van der Waals surface area (Å²) in [5.74, 6) is 0.0564. The van der Waals surface area contributed by atoms with Crippen molar-refractivity contribution in [2.45, 2.75) is 32.5 Å². The number of pyridine rings is 2. The number of hydrogen-bond donors (Lipinski definition) is 2. The number of aromatic nitrogens is 4. The zero-order chi connectivity index (χ0) is 24.9. The number of para-hydroxylation sites is 1. The van der Waals surface area contributed by atoms with Gasteiger partial charge in [-0.15, -0.1) is 0 Å². The monoisotopic (exact) mass is 479 g/mol. The van der Waals surface area contributed by atoms with Crippen LogP contribution in [0.25, 0.3) is 21.9 Å². The van der Waals surface area contributed by atoms with Gasteiger partial charge < -0.3 is 16.0 Å². The number of anilines is 1. The topological polar surface area (TPSA) is 116 Å². The molecule has 0 atom stereocenters. The predicted octanol–water partition coefficient (Wildman–Crippen LogP) is 4.14. The number of nitrogens with zero attached hydrogens (tertiary/aromatic N) is 5. The van der Waals surface area contributed by atoms with Gasteiger partial charge >= 0.3 is 0 Å². The normalized spacial score (nSPS) is 11.5. The van der Waals surface area contributed by atoms with Crippen LogP contribution in [0, 0.1) is 0 Å². The van der Waals surface area contributed by atoms with Gasteiger partial charge in [-0.25, -0.2) is 9.97 Å². The average Bonchev–Trinajstić information content (AvgIpc) is 3.32. The Bertz CT molecular complexity index is 1480. The highest BCUT2D eigenvalue weighted by molar-refractivity contribution is 6.06. The first-order chi connectivity index (χ1) is 17.6. The van der Waals surface area contributed by atoms with E-state index in [1.807, 2.05) is 61.2 Å². The molecule has 0 saturated carbocycles. The predicted molar refractivity (Wildman–Crippen MR) is 142 cm³/mol. The van der Waals surface area contributed by atoms with Crippen molar-refractivity contribution in [1.82, 2.24) is 24.4 Å². The van der Waals surface area contributed by atoms with Crippen molar-refractivity contribution in [2.75, 3.05) is 12.3 Å². The quantitative estimate of drug-likeness (QED) is 0.291. The van der Waals surface area contributed by atoms with E-state index in [1.165, 1.54) is 5.56 Å². The van der Waals surface area contributed by atoms with E-state index in [4.69, 9.17) is 11.5 Å². The summed E-state index contributed by atoms with van der Waals surface area (Å²) in [6.07, 6.45) is 7.52. The standard InChI is InChI=1S/C28H29N7O/c29-27-25-26(23-5-1-2-6-24(23)33-27)35(19-32-25)16-4-3-15-34(18-21-11-13-31-14-12-21)17-20-7-9-22(10-8-20)28(30)36/h1-2,5-14,19H,3-4,15-18H2,(H2,29,33)(H2,30,36). The zero-order valence-corrected chi connectivity index (χ0v) is 20.0. The molecule has 36 heavy (non-hydrogen) atoms. The van der Waals surface area contributed by atoms with Crippen molar-refractivity contribution in [3.05, 3.63) is 96.1 Å². The maximum absolute atomic E-state index is 11.4. The fraction of sp³-hybridized carbons (Fsp3) is 0.214. The lowest BCUT2D eigenvalue weighted by Crippen LogP contribution is -2.24. The van der Waals surface area contributed by atoms with Crippen LogP contribution in [0.15, 0.2) is 79.4 Å². The van der Waals surface area contributed by atoms with Crippen LogP contribution in [0.1, 0.15) is 34.3 Å². The molecule has 8 heteroatoms. The van der Waals surface area contributed by atoms with Crippen molar-refractivity contribution in [3.63, 3.8) is 0 Å². The lowest BCUT2D eigenvalue weighted by molar-refractivity contribution is 0.1000. The summed E-state index contributed by atoms with van der Waals surface area (Å²) < 4.78 is 2.19. The molecule has 3 aromatic heterocycles. The number of carbonyl (C=O) groups excluding carboxylic acids is 1. The summed E-state index contributed by atoms with van der Waals surface area (Å²) in [4.78, 5) is 27.0. The summed E-state index contributed by atoms with van der Waals surface area (Å²) in [5.41, 5.74) is 17.1.